The molecule has 2 nitrogen and oxygen atoms in total. The molecular formula is C14H18O2S. The number of para-hydroxylation sites is 1. The van der Waals surface area contributed by atoms with Gasteiger partial charge in [0, 0.05) is 18.2 Å². The van der Waals surface area contributed by atoms with Crippen molar-refractivity contribution in [3.8, 4) is 5.75 Å². The SMILES string of the molecule is CCOc1ccccc1C=CCCSC(C)=O. The summed E-state index contributed by atoms with van der Waals surface area (Å²) in [7, 11) is 0. The van der Waals surface area contributed by atoms with E-state index in [4.69, 9.17) is 4.74 Å². The first kappa shape index (κ1) is 13.8. The Labute approximate surface area is 107 Å². The average molecular weight is 250 g/mol. The summed E-state index contributed by atoms with van der Waals surface area (Å²) < 4.78 is 5.52. The molecule has 0 amide bonds. The van der Waals surface area contributed by atoms with Crippen LogP contribution in [0.5, 0.6) is 5.75 Å². The Kier molecular flexibility index (Phi) is 6.48. The fraction of sp³-hybridized carbons (Fsp3) is 0.357. The number of ether oxygens (including phenoxy) is 1. The number of benzene rings is 1. The van der Waals surface area contributed by atoms with Crippen LogP contribution in [-0.4, -0.2) is 17.5 Å². The number of allylic oxidation sites excluding steroid dienone is 1. The number of rotatable bonds is 6. The summed E-state index contributed by atoms with van der Waals surface area (Å²) >= 11 is 1.36. The number of hydrogen-bond acceptors (Lipinski definition) is 3. The Bertz CT molecular complexity index is 386. The highest BCUT2D eigenvalue weighted by Crippen LogP contribution is 2.19. The quantitative estimate of drug-likeness (QED) is 0.719. The molecule has 0 aromatic heterocycles. The third kappa shape index (κ3) is 5.59. The Morgan fingerprint density at radius 2 is 2.18 bits per heavy atom. The molecule has 0 radical (unpaired) electrons. The van der Waals surface area contributed by atoms with E-state index in [2.05, 4.69) is 6.08 Å². The molecule has 0 saturated carbocycles. The molecule has 0 atom stereocenters. The maximum atomic E-state index is 10.7. The number of carbonyl (C=O) groups excluding carboxylic acids is 1. The van der Waals surface area contributed by atoms with Crippen LogP contribution in [0.3, 0.4) is 0 Å². The van der Waals surface area contributed by atoms with Crippen LogP contribution in [0.25, 0.3) is 6.08 Å². The van der Waals surface area contributed by atoms with E-state index >= 15 is 0 Å². The predicted octanol–water partition coefficient (Wildman–Crippen LogP) is 3.77. The van der Waals surface area contributed by atoms with Crippen molar-refractivity contribution in [3.63, 3.8) is 0 Å². The highest BCUT2D eigenvalue weighted by molar-refractivity contribution is 8.13. The largest absolute Gasteiger partial charge is 0.493 e. The van der Waals surface area contributed by atoms with E-state index in [1.165, 1.54) is 11.8 Å². The first-order chi connectivity index (χ1) is 8.24. The van der Waals surface area contributed by atoms with Gasteiger partial charge < -0.3 is 4.74 Å². The van der Waals surface area contributed by atoms with Crippen LogP contribution >= 0.6 is 11.8 Å². The molecule has 1 aromatic carbocycles. The molecule has 0 aliphatic heterocycles. The van der Waals surface area contributed by atoms with Gasteiger partial charge in [-0.3, -0.25) is 4.79 Å². The number of hydrogen-bond donors (Lipinski definition) is 0. The summed E-state index contributed by atoms with van der Waals surface area (Å²) in [5.41, 5.74) is 1.09. The van der Waals surface area contributed by atoms with E-state index in [1.807, 2.05) is 37.3 Å². The maximum Gasteiger partial charge on any atom is 0.185 e. The van der Waals surface area contributed by atoms with Crippen molar-refractivity contribution in [1.29, 1.82) is 0 Å². The maximum absolute atomic E-state index is 10.7. The fourth-order valence-corrected chi connectivity index (χ4v) is 1.93. The smallest absolute Gasteiger partial charge is 0.185 e. The van der Waals surface area contributed by atoms with Gasteiger partial charge in [-0.2, -0.15) is 0 Å². The van der Waals surface area contributed by atoms with Crippen molar-refractivity contribution >= 4 is 23.0 Å². The van der Waals surface area contributed by atoms with E-state index in [9.17, 15) is 4.79 Å². The van der Waals surface area contributed by atoms with Crippen molar-refractivity contribution in [2.45, 2.75) is 20.3 Å². The zero-order valence-corrected chi connectivity index (χ0v) is 11.1. The van der Waals surface area contributed by atoms with Crippen LogP contribution in [-0.2, 0) is 4.79 Å². The molecule has 0 spiro atoms. The standard InChI is InChI=1S/C14H18O2S/c1-3-16-14-10-5-4-8-13(14)9-6-7-11-17-12(2)15/h4-6,8-10H,3,7,11H2,1-2H3. The van der Waals surface area contributed by atoms with Crippen molar-refractivity contribution in [3.05, 3.63) is 35.9 Å². The normalized spacial score (nSPS) is 10.7. The Balaban J connectivity index is 2.49. The zero-order chi connectivity index (χ0) is 12.5. The summed E-state index contributed by atoms with van der Waals surface area (Å²) in [6.45, 7) is 4.24. The Morgan fingerprint density at radius 3 is 2.88 bits per heavy atom. The molecule has 1 aromatic rings. The van der Waals surface area contributed by atoms with Gasteiger partial charge in [0.25, 0.3) is 0 Å². The van der Waals surface area contributed by atoms with Crippen LogP contribution in [0.4, 0.5) is 0 Å². The molecule has 0 heterocycles. The molecule has 0 N–H and O–H groups in total. The van der Waals surface area contributed by atoms with Gasteiger partial charge in [-0.1, -0.05) is 42.1 Å². The third-order valence-electron chi connectivity index (χ3n) is 2.11. The topological polar surface area (TPSA) is 26.3 Å². The average Bonchev–Trinajstić information content (AvgIpc) is 2.31. The molecule has 0 bridgehead atoms. The lowest BCUT2D eigenvalue weighted by atomic mass is 10.2. The summed E-state index contributed by atoms with van der Waals surface area (Å²) in [6.07, 6.45) is 5.02. The summed E-state index contributed by atoms with van der Waals surface area (Å²) in [5, 5.41) is 0.174. The minimum atomic E-state index is 0.174. The van der Waals surface area contributed by atoms with Crippen molar-refractivity contribution < 1.29 is 9.53 Å². The lowest BCUT2D eigenvalue weighted by Gasteiger charge is -2.06. The van der Waals surface area contributed by atoms with Gasteiger partial charge in [-0.15, -0.1) is 0 Å². The summed E-state index contributed by atoms with van der Waals surface area (Å²) in [4.78, 5) is 10.7. The molecule has 0 fully saturated rings. The Hall–Kier alpha value is -1.22. The van der Waals surface area contributed by atoms with E-state index in [0.29, 0.717) is 6.61 Å². The predicted molar refractivity (Wildman–Crippen MR) is 74.4 cm³/mol. The zero-order valence-electron chi connectivity index (χ0n) is 10.3. The van der Waals surface area contributed by atoms with Crippen LogP contribution in [0.15, 0.2) is 30.3 Å². The van der Waals surface area contributed by atoms with Crippen molar-refractivity contribution in [2.24, 2.45) is 0 Å². The van der Waals surface area contributed by atoms with Gasteiger partial charge in [-0.25, -0.2) is 0 Å². The summed E-state index contributed by atoms with van der Waals surface area (Å²) in [6, 6.07) is 7.95. The lowest BCUT2D eigenvalue weighted by Crippen LogP contribution is -1.93. The lowest BCUT2D eigenvalue weighted by molar-refractivity contribution is -0.109. The van der Waals surface area contributed by atoms with Gasteiger partial charge in [0.2, 0.25) is 0 Å². The van der Waals surface area contributed by atoms with Gasteiger partial charge in [0.15, 0.2) is 5.12 Å². The molecule has 92 valence electrons. The number of carbonyl (C=O) groups is 1. The van der Waals surface area contributed by atoms with Crippen LogP contribution in [0, 0.1) is 0 Å². The summed E-state index contributed by atoms with van der Waals surface area (Å²) in [5.74, 6) is 1.74. The van der Waals surface area contributed by atoms with E-state index in [-0.39, 0.29) is 5.12 Å². The second kappa shape index (κ2) is 7.96. The Morgan fingerprint density at radius 1 is 1.41 bits per heavy atom. The molecule has 0 aliphatic rings. The van der Waals surface area contributed by atoms with Gasteiger partial charge in [-0.05, 0) is 19.4 Å². The molecule has 0 saturated heterocycles. The second-order valence-corrected chi connectivity index (χ2v) is 4.77. The highest BCUT2D eigenvalue weighted by Gasteiger charge is 1.97. The number of thioether (sulfide) groups is 1. The van der Waals surface area contributed by atoms with Crippen LogP contribution in [0.1, 0.15) is 25.8 Å². The minimum absolute atomic E-state index is 0.174. The van der Waals surface area contributed by atoms with E-state index < -0.39 is 0 Å². The van der Waals surface area contributed by atoms with Crippen molar-refractivity contribution in [2.75, 3.05) is 12.4 Å². The first-order valence-electron chi connectivity index (χ1n) is 5.75. The van der Waals surface area contributed by atoms with Gasteiger partial charge in [0.05, 0.1) is 6.61 Å². The minimum Gasteiger partial charge on any atom is -0.493 e. The van der Waals surface area contributed by atoms with E-state index in [1.54, 1.807) is 6.92 Å². The van der Waals surface area contributed by atoms with Crippen LogP contribution in [0.2, 0.25) is 0 Å². The molecule has 0 aliphatic carbocycles. The molecule has 1 rings (SSSR count). The first-order valence-corrected chi connectivity index (χ1v) is 6.74. The van der Waals surface area contributed by atoms with Crippen molar-refractivity contribution in [1.82, 2.24) is 0 Å². The fourth-order valence-electron chi connectivity index (χ4n) is 1.39. The molecule has 17 heavy (non-hydrogen) atoms. The van der Waals surface area contributed by atoms with E-state index in [0.717, 1.165) is 23.5 Å². The molecule has 0 unspecified atom stereocenters. The van der Waals surface area contributed by atoms with Gasteiger partial charge in [0.1, 0.15) is 5.75 Å². The van der Waals surface area contributed by atoms with Crippen LogP contribution < -0.4 is 4.74 Å². The monoisotopic (exact) mass is 250 g/mol. The third-order valence-corrected chi connectivity index (χ3v) is 2.95. The second-order valence-electron chi connectivity index (χ2n) is 3.50. The molecular weight excluding hydrogens is 232 g/mol. The highest BCUT2D eigenvalue weighted by atomic mass is 32.2. The molecule has 3 heteroatoms. The van der Waals surface area contributed by atoms with Gasteiger partial charge >= 0.3 is 0 Å².